The minimum Gasteiger partial charge on any atom is -0.292 e. The van der Waals surface area contributed by atoms with Crippen LogP contribution in [0.3, 0.4) is 0 Å². The van der Waals surface area contributed by atoms with Crippen molar-refractivity contribution in [1.82, 2.24) is 14.6 Å². The standard InChI is InChI=1S/C21H22BrN5O5S/c22-18-7-9-19(10-8-18)33(31,32)26-14-12-25(13-15-26)16-21(28)24-23-11-3-5-17-4-1-2-6-20(17)27(29)30/h1-11H,12-16H2,(H,24,28)/b5-3-,23-11+. The highest BCUT2D eigenvalue weighted by molar-refractivity contribution is 9.10. The number of halogens is 1. The van der Waals surface area contributed by atoms with E-state index < -0.39 is 14.9 Å². The number of piperazine rings is 1. The number of rotatable bonds is 8. The molecule has 0 radical (unpaired) electrons. The maximum atomic E-state index is 12.7. The molecule has 1 saturated heterocycles. The number of nitrogens with one attached hydrogen (secondary N) is 1. The van der Waals surface area contributed by atoms with Crippen molar-refractivity contribution in [2.75, 3.05) is 32.7 Å². The first-order chi connectivity index (χ1) is 15.8. The molecule has 0 spiro atoms. The number of hydrogen-bond donors (Lipinski definition) is 1. The van der Waals surface area contributed by atoms with Gasteiger partial charge in [0, 0.05) is 42.9 Å². The van der Waals surface area contributed by atoms with Crippen molar-refractivity contribution in [2.24, 2.45) is 5.10 Å². The monoisotopic (exact) mass is 535 g/mol. The summed E-state index contributed by atoms with van der Waals surface area (Å²) >= 11 is 3.29. The molecule has 174 valence electrons. The van der Waals surface area contributed by atoms with Gasteiger partial charge in [-0.25, -0.2) is 13.8 Å². The number of carbonyl (C=O) groups is 1. The number of carbonyl (C=O) groups excluding carboxylic acids is 1. The van der Waals surface area contributed by atoms with Gasteiger partial charge in [0.1, 0.15) is 0 Å². The zero-order valence-corrected chi connectivity index (χ0v) is 19.9. The van der Waals surface area contributed by atoms with Crippen LogP contribution < -0.4 is 5.43 Å². The van der Waals surface area contributed by atoms with Crippen LogP contribution >= 0.6 is 15.9 Å². The molecular formula is C21H22BrN5O5S. The quantitative estimate of drug-likeness (QED) is 0.314. The third kappa shape index (κ3) is 6.78. The fraction of sp³-hybridized carbons (Fsp3) is 0.238. The Hall–Kier alpha value is -2.93. The number of amides is 1. The second kappa shape index (κ2) is 11.3. The molecule has 2 aromatic carbocycles. The van der Waals surface area contributed by atoms with E-state index in [4.69, 9.17) is 0 Å². The molecule has 0 unspecified atom stereocenters. The summed E-state index contributed by atoms with van der Waals surface area (Å²) in [6.45, 7) is 1.49. The zero-order valence-electron chi connectivity index (χ0n) is 17.5. The third-order valence-electron chi connectivity index (χ3n) is 4.91. The highest BCUT2D eigenvalue weighted by Crippen LogP contribution is 2.20. The molecule has 2 aromatic rings. The van der Waals surface area contributed by atoms with Crippen LogP contribution in [0.15, 0.2) is 69.1 Å². The van der Waals surface area contributed by atoms with Gasteiger partial charge in [-0.1, -0.05) is 28.1 Å². The summed E-state index contributed by atoms with van der Waals surface area (Å²) in [5, 5.41) is 14.8. The topological polar surface area (TPSA) is 125 Å². The van der Waals surface area contributed by atoms with Crippen LogP contribution in [0.2, 0.25) is 0 Å². The highest BCUT2D eigenvalue weighted by atomic mass is 79.9. The molecule has 0 atom stereocenters. The first-order valence-corrected chi connectivity index (χ1v) is 12.2. The van der Waals surface area contributed by atoms with E-state index in [1.54, 1.807) is 42.5 Å². The van der Waals surface area contributed by atoms with Crippen molar-refractivity contribution in [3.05, 3.63) is 74.8 Å². The summed E-state index contributed by atoms with van der Waals surface area (Å²) < 4.78 is 27.7. The first kappa shape index (κ1) is 24.7. The molecular weight excluding hydrogens is 514 g/mol. The molecule has 0 saturated carbocycles. The van der Waals surface area contributed by atoms with E-state index in [1.807, 2.05) is 4.90 Å². The molecule has 1 amide bonds. The van der Waals surface area contributed by atoms with Gasteiger partial charge in [0.05, 0.1) is 21.9 Å². The van der Waals surface area contributed by atoms with E-state index >= 15 is 0 Å². The van der Waals surface area contributed by atoms with E-state index in [0.29, 0.717) is 18.7 Å². The van der Waals surface area contributed by atoms with E-state index in [2.05, 4.69) is 26.5 Å². The fourth-order valence-electron chi connectivity index (χ4n) is 3.22. The number of hydrogen-bond acceptors (Lipinski definition) is 7. The number of nitro benzene ring substituents is 1. The minimum atomic E-state index is -3.57. The van der Waals surface area contributed by atoms with Crippen LogP contribution in [0.4, 0.5) is 5.69 Å². The minimum absolute atomic E-state index is 0.0209. The number of nitrogens with zero attached hydrogens (tertiary/aromatic N) is 4. The molecule has 1 aliphatic rings. The van der Waals surface area contributed by atoms with Crippen LogP contribution in [-0.2, 0) is 14.8 Å². The third-order valence-corrected chi connectivity index (χ3v) is 7.35. The zero-order chi connectivity index (χ0) is 23.8. The second-order valence-electron chi connectivity index (χ2n) is 7.12. The van der Waals surface area contributed by atoms with Crippen LogP contribution in [0.5, 0.6) is 0 Å². The predicted molar refractivity (Wildman–Crippen MR) is 128 cm³/mol. The number of nitro groups is 1. The molecule has 0 bridgehead atoms. The van der Waals surface area contributed by atoms with Gasteiger partial charge in [0.25, 0.3) is 11.6 Å². The average Bonchev–Trinajstić information content (AvgIpc) is 2.79. The Morgan fingerprint density at radius 1 is 1.12 bits per heavy atom. The second-order valence-corrected chi connectivity index (χ2v) is 9.98. The lowest BCUT2D eigenvalue weighted by molar-refractivity contribution is -0.385. The highest BCUT2D eigenvalue weighted by Gasteiger charge is 2.28. The van der Waals surface area contributed by atoms with Gasteiger partial charge >= 0.3 is 0 Å². The van der Waals surface area contributed by atoms with Crippen LogP contribution in [-0.4, -0.2) is 67.4 Å². The SMILES string of the molecule is O=C(CN1CCN(S(=O)(=O)c2ccc(Br)cc2)CC1)N/N=C/C=C\c1ccccc1[N+](=O)[O-]. The molecule has 0 aliphatic carbocycles. The van der Waals surface area contributed by atoms with Gasteiger partial charge in [-0.15, -0.1) is 0 Å². The predicted octanol–water partition coefficient (Wildman–Crippen LogP) is 2.48. The van der Waals surface area contributed by atoms with Crippen LogP contribution in [0.25, 0.3) is 6.08 Å². The Morgan fingerprint density at radius 3 is 2.45 bits per heavy atom. The Kier molecular flexibility index (Phi) is 8.44. The number of sulfonamides is 1. The molecule has 1 aliphatic heterocycles. The summed E-state index contributed by atoms with van der Waals surface area (Å²) in [6, 6.07) is 12.8. The van der Waals surface area contributed by atoms with Crippen molar-refractivity contribution in [3.8, 4) is 0 Å². The Bertz CT molecular complexity index is 1160. The van der Waals surface area contributed by atoms with Crippen molar-refractivity contribution < 1.29 is 18.1 Å². The lowest BCUT2D eigenvalue weighted by atomic mass is 10.2. The molecule has 10 nitrogen and oxygen atoms in total. The Balaban J connectivity index is 1.45. The molecule has 1 N–H and O–H groups in total. The number of benzene rings is 2. The molecule has 1 heterocycles. The molecule has 12 heteroatoms. The molecule has 1 fully saturated rings. The van der Waals surface area contributed by atoms with Crippen LogP contribution in [0.1, 0.15) is 5.56 Å². The fourth-order valence-corrected chi connectivity index (χ4v) is 4.90. The molecule has 0 aromatic heterocycles. The van der Waals surface area contributed by atoms with Crippen LogP contribution in [0, 0.1) is 10.1 Å². The summed E-state index contributed by atoms with van der Waals surface area (Å²) in [4.78, 5) is 24.7. The van der Waals surface area contributed by atoms with Gasteiger partial charge in [-0.3, -0.25) is 19.8 Å². The number of allylic oxidation sites excluding steroid dienone is 1. The van der Waals surface area contributed by atoms with Crippen molar-refractivity contribution in [1.29, 1.82) is 0 Å². The van der Waals surface area contributed by atoms with E-state index in [0.717, 1.165) is 4.47 Å². The maximum Gasteiger partial charge on any atom is 0.276 e. The van der Waals surface area contributed by atoms with Gasteiger partial charge in [-0.2, -0.15) is 9.41 Å². The normalized spacial score (nSPS) is 15.8. The lowest BCUT2D eigenvalue weighted by Crippen LogP contribution is -2.50. The van der Waals surface area contributed by atoms with Gasteiger partial charge < -0.3 is 0 Å². The van der Waals surface area contributed by atoms with Crippen molar-refractivity contribution in [3.63, 3.8) is 0 Å². The summed E-state index contributed by atoms with van der Waals surface area (Å²) in [5.74, 6) is -0.338. The first-order valence-electron chi connectivity index (χ1n) is 9.97. The van der Waals surface area contributed by atoms with E-state index in [1.165, 1.54) is 28.7 Å². The van der Waals surface area contributed by atoms with Crippen molar-refractivity contribution in [2.45, 2.75) is 4.90 Å². The Morgan fingerprint density at radius 2 is 1.79 bits per heavy atom. The Labute approximate surface area is 199 Å². The summed E-state index contributed by atoms with van der Waals surface area (Å²) in [7, 11) is -3.57. The summed E-state index contributed by atoms with van der Waals surface area (Å²) in [5.41, 5.74) is 2.80. The molecule has 33 heavy (non-hydrogen) atoms. The maximum absolute atomic E-state index is 12.7. The van der Waals surface area contributed by atoms with E-state index in [-0.39, 0.29) is 36.1 Å². The van der Waals surface area contributed by atoms with Gasteiger partial charge in [-0.05, 0) is 42.5 Å². The van der Waals surface area contributed by atoms with Gasteiger partial charge in [0.2, 0.25) is 10.0 Å². The van der Waals surface area contributed by atoms with Gasteiger partial charge in [0.15, 0.2) is 0 Å². The van der Waals surface area contributed by atoms with E-state index in [9.17, 15) is 23.3 Å². The number of hydrazone groups is 1. The summed E-state index contributed by atoms with van der Waals surface area (Å²) in [6.07, 6.45) is 4.35. The lowest BCUT2D eigenvalue weighted by Gasteiger charge is -2.33. The largest absolute Gasteiger partial charge is 0.292 e. The smallest absolute Gasteiger partial charge is 0.276 e. The average molecular weight is 536 g/mol. The van der Waals surface area contributed by atoms with Crippen molar-refractivity contribution >= 4 is 49.8 Å². The molecule has 3 rings (SSSR count). The number of para-hydroxylation sites is 1.